The highest BCUT2D eigenvalue weighted by atomic mass is 16.3. The van der Waals surface area contributed by atoms with E-state index >= 15 is 0 Å². The van der Waals surface area contributed by atoms with Crippen LogP contribution in [0, 0.1) is 0 Å². The minimum atomic E-state index is -1.28. The number of hydrogen-bond donors (Lipinski definition) is 5. The minimum absolute atomic E-state index is 0.363. The Morgan fingerprint density at radius 3 is 0.923 bits per heavy atom. The van der Waals surface area contributed by atoms with Gasteiger partial charge in [-0.05, 0) is 64.2 Å². The number of aliphatic hydroxyl groups is 4. The maximum Gasteiger partial charge on any atom is 0.249 e. The Morgan fingerprint density at radius 1 is 0.369 bits per heavy atom. The van der Waals surface area contributed by atoms with Gasteiger partial charge in [0, 0.05) is 0 Å². The van der Waals surface area contributed by atoms with E-state index in [1.54, 1.807) is 0 Å². The summed E-state index contributed by atoms with van der Waals surface area (Å²) in [4.78, 5) is 12.6. The maximum absolute atomic E-state index is 12.6. The van der Waals surface area contributed by atoms with Crippen molar-refractivity contribution in [3.05, 3.63) is 24.3 Å². The van der Waals surface area contributed by atoms with Gasteiger partial charge in [0.2, 0.25) is 5.91 Å². The first-order chi connectivity index (χ1) is 32.0. The second-order valence-corrected chi connectivity index (χ2v) is 20.3. The normalized spacial score (nSPS) is 13.9. The van der Waals surface area contributed by atoms with Gasteiger partial charge in [-0.15, -0.1) is 0 Å². The van der Waals surface area contributed by atoms with Gasteiger partial charge >= 0.3 is 0 Å². The second-order valence-electron chi connectivity index (χ2n) is 20.3. The van der Waals surface area contributed by atoms with E-state index in [0.717, 1.165) is 38.5 Å². The summed E-state index contributed by atoms with van der Waals surface area (Å²) in [5, 5.41) is 44.0. The molecule has 0 aliphatic heterocycles. The van der Waals surface area contributed by atoms with Crippen LogP contribution in [0.25, 0.3) is 0 Å². The lowest BCUT2D eigenvalue weighted by atomic mass is 10.00. The molecule has 4 unspecified atom stereocenters. The Kier molecular flexibility index (Phi) is 52.7. The van der Waals surface area contributed by atoms with E-state index in [9.17, 15) is 25.2 Å². The molecule has 0 saturated heterocycles. The predicted octanol–water partition coefficient (Wildman–Crippen LogP) is 17.0. The van der Waals surface area contributed by atoms with Crippen LogP contribution in [0.15, 0.2) is 24.3 Å². The molecule has 0 radical (unpaired) electrons. The van der Waals surface area contributed by atoms with E-state index in [4.69, 9.17) is 0 Å². The lowest BCUT2D eigenvalue weighted by Gasteiger charge is -2.27. The summed E-state index contributed by atoms with van der Waals surface area (Å²) in [5.74, 6) is -0.590. The number of carbonyl (C=O) groups excluding carboxylic acids is 1. The zero-order chi connectivity index (χ0) is 47.4. The number of hydrogen-bond acceptors (Lipinski definition) is 5. The van der Waals surface area contributed by atoms with Crippen LogP contribution in [0.4, 0.5) is 0 Å². The molecule has 0 aromatic rings. The third-order valence-electron chi connectivity index (χ3n) is 13.9. The van der Waals surface area contributed by atoms with Gasteiger partial charge in [0.15, 0.2) is 0 Å². The average molecular weight is 919 g/mol. The van der Waals surface area contributed by atoms with Crippen molar-refractivity contribution in [3.63, 3.8) is 0 Å². The first-order valence-electron chi connectivity index (χ1n) is 29.2. The molecule has 0 aliphatic rings. The first kappa shape index (κ1) is 63.8. The van der Waals surface area contributed by atoms with Crippen LogP contribution in [-0.4, -0.2) is 57.3 Å². The molecule has 386 valence electrons. The molecular weight excluding hydrogens is 803 g/mol. The summed E-state index contributed by atoms with van der Waals surface area (Å²) in [5.41, 5.74) is 0. The zero-order valence-corrected chi connectivity index (χ0v) is 43.8. The van der Waals surface area contributed by atoms with Gasteiger partial charge in [-0.3, -0.25) is 4.79 Å². The summed E-state index contributed by atoms with van der Waals surface area (Å²) in [6.07, 6.45) is 65.4. The molecule has 65 heavy (non-hydrogen) atoms. The molecule has 0 aliphatic carbocycles. The molecule has 0 bridgehead atoms. The largest absolute Gasteiger partial charge is 0.394 e. The molecule has 1 amide bonds. The molecule has 6 heteroatoms. The summed E-state index contributed by atoms with van der Waals surface area (Å²) in [7, 11) is 0. The van der Waals surface area contributed by atoms with E-state index in [1.165, 1.54) is 250 Å². The third-order valence-corrected chi connectivity index (χ3v) is 13.9. The molecule has 0 rings (SSSR count). The number of amides is 1. The van der Waals surface area contributed by atoms with Gasteiger partial charge in [0.05, 0.1) is 18.8 Å². The number of carbonyl (C=O) groups is 1. The van der Waals surface area contributed by atoms with Gasteiger partial charge in [-0.25, -0.2) is 0 Å². The number of nitrogens with one attached hydrogen (secondary N) is 1. The molecule has 0 aromatic heterocycles. The summed E-state index contributed by atoms with van der Waals surface area (Å²) >= 11 is 0. The molecule has 0 aromatic carbocycles. The van der Waals surface area contributed by atoms with Crippen LogP contribution in [0.5, 0.6) is 0 Å². The van der Waals surface area contributed by atoms with Crippen LogP contribution in [0.3, 0.4) is 0 Å². The van der Waals surface area contributed by atoms with Gasteiger partial charge in [0.1, 0.15) is 12.2 Å². The quantitative estimate of drug-likeness (QED) is 0.0308. The SMILES string of the molecule is CCCCCCCCCCCCCC/C=C\CCCCCCCCCCCCC(O)C(=O)NC(CO)C(O)C(O)CCC/C=C/CCCCCCCCCCCCCCCCCCCC. The van der Waals surface area contributed by atoms with Crippen molar-refractivity contribution < 1.29 is 25.2 Å². The van der Waals surface area contributed by atoms with Crippen molar-refractivity contribution in [2.24, 2.45) is 0 Å². The van der Waals surface area contributed by atoms with Crippen molar-refractivity contribution in [3.8, 4) is 0 Å². The topological polar surface area (TPSA) is 110 Å². The van der Waals surface area contributed by atoms with Crippen LogP contribution in [-0.2, 0) is 4.79 Å². The number of allylic oxidation sites excluding steroid dienone is 4. The fourth-order valence-electron chi connectivity index (χ4n) is 9.29. The predicted molar refractivity (Wildman–Crippen MR) is 284 cm³/mol. The first-order valence-corrected chi connectivity index (χ1v) is 29.2. The van der Waals surface area contributed by atoms with Crippen molar-refractivity contribution in [1.29, 1.82) is 0 Å². The molecule has 0 fully saturated rings. The minimum Gasteiger partial charge on any atom is -0.394 e. The average Bonchev–Trinajstić information content (AvgIpc) is 3.31. The van der Waals surface area contributed by atoms with Crippen LogP contribution in [0.2, 0.25) is 0 Å². The summed E-state index contributed by atoms with van der Waals surface area (Å²) in [6.45, 7) is 4.08. The van der Waals surface area contributed by atoms with Gasteiger partial charge in [0.25, 0.3) is 0 Å². The van der Waals surface area contributed by atoms with Gasteiger partial charge in [-0.2, -0.15) is 0 Å². The Bertz CT molecular complexity index is 986. The third kappa shape index (κ3) is 47.6. The molecule has 0 saturated carbocycles. The molecular formula is C59H115NO5. The van der Waals surface area contributed by atoms with Crippen molar-refractivity contribution >= 4 is 5.91 Å². The standard InChI is InChI=1S/C59H115NO5/c1-3-5-7-9-11-13-15-17-19-21-23-25-27-28-29-31-33-35-37-39-41-43-45-47-49-51-53-57(63)59(65)60-55(54-61)58(64)56(62)52-50-48-46-44-42-40-38-36-34-32-30-26-24-22-20-18-16-14-12-10-8-6-4-2/h28-29,44,46,55-58,61-64H,3-27,30-43,45,47-54H2,1-2H3,(H,60,65)/b29-28-,46-44+. The Balaban J connectivity index is 3.64. The Labute approximate surface area is 405 Å². The highest BCUT2D eigenvalue weighted by molar-refractivity contribution is 5.80. The van der Waals surface area contributed by atoms with E-state index in [-0.39, 0.29) is 0 Å². The fraction of sp³-hybridized carbons (Fsp3) is 0.915. The summed E-state index contributed by atoms with van der Waals surface area (Å²) in [6, 6.07) is -1.00. The van der Waals surface area contributed by atoms with E-state index < -0.39 is 36.9 Å². The molecule has 4 atom stereocenters. The highest BCUT2D eigenvalue weighted by Crippen LogP contribution is 2.18. The number of aliphatic hydroxyl groups excluding tert-OH is 4. The number of unbranched alkanes of at least 4 members (excludes halogenated alkanes) is 41. The fourth-order valence-corrected chi connectivity index (χ4v) is 9.29. The van der Waals surface area contributed by atoms with E-state index in [0.29, 0.717) is 12.8 Å². The maximum atomic E-state index is 12.6. The van der Waals surface area contributed by atoms with E-state index in [2.05, 4.69) is 43.5 Å². The lowest BCUT2D eigenvalue weighted by molar-refractivity contribution is -0.132. The van der Waals surface area contributed by atoms with Crippen molar-refractivity contribution in [1.82, 2.24) is 5.32 Å². The Hall–Kier alpha value is -1.21. The molecule has 0 spiro atoms. The molecule has 6 nitrogen and oxygen atoms in total. The molecule has 0 heterocycles. The lowest BCUT2D eigenvalue weighted by Crippen LogP contribution is -2.53. The second kappa shape index (κ2) is 53.7. The van der Waals surface area contributed by atoms with Crippen molar-refractivity contribution in [2.75, 3.05) is 6.61 Å². The summed E-state index contributed by atoms with van der Waals surface area (Å²) < 4.78 is 0. The molecule has 5 N–H and O–H groups in total. The van der Waals surface area contributed by atoms with Crippen LogP contribution < -0.4 is 5.32 Å². The Morgan fingerprint density at radius 2 is 0.631 bits per heavy atom. The van der Waals surface area contributed by atoms with Gasteiger partial charge in [-0.1, -0.05) is 276 Å². The van der Waals surface area contributed by atoms with E-state index in [1.807, 2.05) is 0 Å². The zero-order valence-electron chi connectivity index (χ0n) is 43.8. The van der Waals surface area contributed by atoms with Crippen LogP contribution >= 0.6 is 0 Å². The smallest absolute Gasteiger partial charge is 0.249 e. The highest BCUT2D eigenvalue weighted by Gasteiger charge is 2.28. The van der Waals surface area contributed by atoms with Gasteiger partial charge < -0.3 is 25.7 Å². The van der Waals surface area contributed by atoms with Crippen LogP contribution in [0.1, 0.15) is 316 Å². The monoisotopic (exact) mass is 918 g/mol. The number of rotatable bonds is 54. The van der Waals surface area contributed by atoms with Crippen molar-refractivity contribution in [2.45, 2.75) is 340 Å².